The summed E-state index contributed by atoms with van der Waals surface area (Å²) in [6.07, 6.45) is 2.79. The van der Waals surface area contributed by atoms with Crippen LogP contribution in [0, 0.1) is 0 Å². The molecule has 18 heavy (non-hydrogen) atoms. The Hall–Kier alpha value is -1.81. The normalized spacial score (nSPS) is 10.6. The molecule has 1 N–H and O–H groups in total. The fraction of sp³-hybridized carbons (Fsp3) is 0.357. The first-order valence-electron chi connectivity index (χ1n) is 6.05. The quantitative estimate of drug-likeness (QED) is 0.874. The fourth-order valence-electron chi connectivity index (χ4n) is 2.02. The molecule has 2 rings (SSSR count). The van der Waals surface area contributed by atoms with Crippen LogP contribution < -0.4 is 10.1 Å². The largest absolute Gasteiger partial charge is 0.497 e. The van der Waals surface area contributed by atoms with E-state index in [4.69, 9.17) is 4.74 Å². The molecule has 1 aromatic heterocycles. The Morgan fingerprint density at radius 3 is 2.61 bits per heavy atom. The van der Waals surface area contributed by atoms with Crippen molar-refractivity contribution in [2.75, 3.05) is 20.7 Å². The van der Waals surface area contributed by atoms with Gasteiger partial charge in [0.1, 0.15) is 5.75 Å². The van der Waals surface area contributed by atoms with Crippen LogP contribution in [0.25, 0.3) is 11.3 Å². The van der Waals surface area contributed by atoms with Crippen LogP contribution in [0.5, 0.6) is 5.75 Å². The lowest BCUT2D eigenvalue weighted by Crippen LogP contribution is -2.11. The molecule has 0 atom stereocenters. The number of ether oxygens (including phenoxy) is 1. The van der Waals surface area contributed by atoms with Gasteiger partial charge >= 0.3 is 0 Å². The second-order valence-corrected chi connectivity index (χ2v) is 4.23. The van der Waals surface area contributed by atoms with Crippen molar-refractivity contribution >= 4 is 0 Å². The SMILES string of the molecule is CNCCc1ncn(C)c1-c1ccc(OC)cc1. The molecule has 4 nitrogen and oxygen atoms in total. The highest BCUT2D eigenvalue weighted by Crippen LogP contribution is 2.25. The molecule has 96 valence electrons. The van der Waals surface area contributed by atoms with E-state index in [2.05, 4.69) is 27.0 Å². The van der Waals surface area contributed by atoms with E-state index >= 15 is 0 Å². The highest BCUT2D eigenvalue weighted by molar-refractivity contribution is 5.63. The van der Waals surface area contributed by atoms with E-state index in [0.29, 0.717) is 0 Å². The second kappa shape index (κ2) is 5.69. The van der Waals surface area contributed by atoms with Crippen molar-refractivity contribution < 1.29 is 4.74 Å². The summed E-state index contributed by atoms with van der Waals surface area (Å²) < 4.78 is 7.24. The molecule has 4 heteroatoms. The third-order valence-electron chi connectivity index (χ3n) is 2.99. The van der Waals surface area contributed by atoms with Gasteiger partial charge in [-0.3, -0.25) is 0 Å². The van der Waals surface area contributed by atoms with Crippen LogP contribution in [0.15, 0.2) is 30.6 Å². The first-order valence-corrected chi connectivity index (χ1v) is 6.05. The number of aromatic nitrogens is 2. The van der Waals surface area contributed by atoms with Crippen molar-refractivity contribution in [3.05, 3.63) is 36.3 Å². The molecular formula is C14H19N3O. The summed E-state index contributed by atoms with van der Waals surface area (Å²) in [4.78, 5) is 4.46. The Balaban J connectivity index is 2.32. The summed E-state index contributed by atoms with van der Waals surface area (Å²) in [5.41, 5.74) is 3.46. The average Bonchev–Trinajstić information content (AvgIpc) is 2.77. The molecule has 2 aromatic rings. The number of nitrogens with zero attached hydrogens (tertiary/aromatic N) is 2. The van der Waals surface area contributed by atoms with Gasteiger partial charge in [0, 0.05) is 25.6 Å². The van der Waals surface area contributed by atoms with Crippen LogP contribution in [0.1, 0.15) is 5.69 Å². The summed E-state index contributed by atoms with van der Waals surface area (Å²) in [6.45, 7) is 0.931. The fourth-order valence-corrected chi connectivity index (χ4v) is 2.02. The zero-order valence-corrected chi connectivity index (χ0v) is 11.1. The number of imidazole rings is 1. The van der Waals surface area contributed by atoms with Crippen LogP contribution in [-0.4, -0.2) is 30.3 Å². The maximum atomic E-state index is 5.18. The van der Waals surface area contributed by atoms with Crippen LogP contribution in [-0.2, 0) is 13.5 Å². The van der Waals surface area contributed by atoms with Crippen molar-refractivity contribution in [2.45, 2.75) is 6.42 Å². The first kappa shape index (κ1) is 12.6. The summed E-state index contributed by atoms with van der Waals surface area (Å²) in [7, 11) is 5.66. The number of benzene rings is 1. The number of likely N-dealkylation sites (N-methyl/N-ethyl adjacent to an activating group) is 1. The van der Waals surface area contributed by atoms with Gasteiger partial charge in [0.05, 0.1) is 24.8 Å². The minimum absolute atomic E-state index is 0.873. The topological polar surface area (TPSA) is 39.1 Å². The van der Waals surface area contributed by atoms with Crippen molar-refractivity contribution in [3.63, 3.8) is 0 Å². The molecular weight excluding hydrogens is 226 g/mol. The van der Waals surface area contributed by atoms with Crippen molar-refractivity contribution in [2.24, 2.45) is 7.05 Å². The number of aryl methyl sites for hydroxylation is 1. The standard InChI is InChI=1S/C14H19N3O/c1-15-9-8-13-14(17(2)10-16-13)11-4-6-12(18-3)7-5-11/h4-7,10,15H,8-9H2,1-3H3. The highest BCUT2D eigenvalue weighted by Gasteiger charge is 2.10. The Kier molecular flexibility index (Phi) is 3.99. The predicted molar refractivity (Wildman–Crippen MR) is 72.8 cm³/mol. The minimum atomic E-state index is 0.873. The molecule has 0 saturated carbocycles. The van der Waals surface area contributed by atoms with Gasteiger partial charge in [-0.05, 0) is 31.3 Å². The van der Waals surface area contributed by atoms with E-state index in [1.807, 2.05) is 32.6 Å². The number of hydrogen-bond acceptors (Lipinski definition) is 3. The summed E-state index contributed by atoms with van der Waals surface area (Å²) in [5.74, 6) is 0.873. The maximum absolute atomic E-state index is 5.18. The highest BCUT2D eigenvalue weighted by atomic mass is 16.5. The van der Waals surface area contributed by atoms with Crippen LogP contribution >= 0.6 is 0 Å². The van der Waals surface area contributed by atoms with Crippen molar-refractivity contribution in [1.82, 2.24) is 14.9 Å². The van der Waals surface area contributed by atoms with Gasteiger partial charge in [-0.15, -0.1) is 0 Å². The van der Waals surface area contributed by atoms with Gasteiger partial charge in [0.25, 0.3) is 0 Å². The summed E-state index contributed by atoms with van der Waals surface area (Å²) in [5, 5.41) is 3.15. The van der Waals surface area contributed by atoms with Crippen LogP contribution in [0.3, 0.4) is 0 Å². The lowest BCUT2D eigenvalue weighted by atomic mass is 10.1. The van der Waals surface area contributed by atoms with Crippen LogP contribution in [0.4, 0.5) is 0 Å². The number of hydrogen-bond donors (Lipinski definition) is 1. The van der Waals surface area contributed by atoms with Gasteiger partial charge in [-0.1, -0.05) is 0 Å². The monoisotopic (exact) mass is 245 g/mol. The molecule has 0 radical (unpaired) electrons. The molecule has 0 fully saturated rings. The number of nitrogens with one attached hydrogen (secondary N) is 1. The van der Waals surface area contributed by atoms with Crippen molar-refractivity contribution in [1.29, 1.82) is 0 Å². The first-order chi connectivity index (χ1) is 8.76. The van der Waals surface area contributed by atoms with Gasteiger partial charge < -0.3 is 14.6 Å². The Labute approximate surface area is 108 Å². The van der Waals surface area contributed by atoms with Crippen molar-refractivity contribution in [3.8, 4) is 17.0 Å². The molecule has 0 aliphatic carbocycles. The molecule has 0 aliphatic heterocycles. The third-order valence-corrected chi connectivity index (χ3v) is 2.99. The smallest absolute Gasteiger partial charge is 0.118 e. The second-order valence-electron chi connectivity index (χ2n) is 4.23. The van der Waals surface area contributed by atoms with E-state index in [-0.39, 0.29) is 0 Å². The Morgan fingerprint density at radius 2 is 2.00 bits per heavy atom. The summed E-state index contributed by atoms with van der Waals surface area (Å²) in [6, 6.07) is 8.09. The van der Waals surface area contributed by atoms with E-state index in [1.165, 1.54) is 11.3 Å². The molecule has 0 amide bonds. The van der Waals surface area contributed by atoms with Gasteiger partial charge in [-0.2, -0.15) is 0 Å². The number of rotatable bonds is 5. The minimum Gasteiger partial charge on any atom is -0.497 e. The molecule has 1 heterocycles. The maximum Gasteiger partial charge on any atom is 0.118 e. The average molecular weight is 245 g/mol. The third kappa shape index (κ3) is 2.54. The van der Waals surface area contributed by atoms with E-state index in [0.717, 1.165) is 24.4 Å². The molecule has 0 unspecified atom stereocenters. The van der Waals surface area contributed by atoms with E-state index in [9.17, 15) is 0 Å². The number of methoxy groups -OCH3 is 1. The Bertz CT molecular complexity index is 502. The predicted octanol–water partition coefficient (Wildman–Crippen LogP) is 1.86. The lowest BCUT2D eigenvalue weighted by molar-refractivity contribution is 0.415. The van der Waals surface area contributed by atoms with Gasteiger partial charge in [0.15, 0.2) is 0 Å². The van der Waals surface area contributed by atoms with Gasteiger partial charge in [0.2, 0.25) is 0 Å². The molecule has 0 bridgehead atoms. The molecule has 0 aliphatic rings. The summed E-state index contributed by atoms with van der Waals surface area (Å²) >= 11 is 0. The zero-order valence-electron chi connectivity index (χ0n) is 11.1. The van der Waals surface area contributed by atoms with Gasteiger partial charge in [-0.25, -0.2) is 4.98 Å². The van der Waals surface area contributed by atoms with E-state index < -0.39 is 0 Å². The Morgan fingerprint density at radius 1 is 1.28 bits per heavy atom. The zero-order chi connectivity index (χ0) is 13.0. The molecule has 1 aromatic carbocycles. The molecule has 0 saturated heterocycles. The van der Waals surface area contributed by atoms with E-state index in [1.54, 1.807) is 7.11 Å². The van der Waals surface area contributed by atoms with Crippen LogP contribution in [0.2, 0.25) is 0 Å². The lowest BCUT2D eigenvalue weighted by Gasteiger charge is -2.07. The molecule has 0 spiro atoms.